The van der Waals surface area contributed by atoms with Crippen molar-refractivity contribution < 1.29 is 17.6 Å². The number of ether oxygens (including phenoxy) is 1. The molecule has 2 atom stereocenters. The van der Waals surface area contributed by atoms with Crippen LogP contribution in [-0.2, 0) is 14.8 Å². The van der Waals surface area contributed by atoms with Gasteiger partial charge in [0.05, 0.1) is 12.4 Å². The Balaban J connectivity index is 2.06. The number of hydrogen-bond acceptors (Lipinski definition) is 6. The highest BCUT2D eigenvalue weighted by molar-refractivity contribution is 7.89. The zero-order chi connectivity index (χ0) is 14.8. The summed E-state index contributed by atoms with van der Waals surface area (Å²) in [6, 6.07) is 0. The molecular formula is C12H21N3O4S. The molecule has 114 valence electrons. The van der Waals surface area contributed by atoms with Gasteiger partial charge >= 0.3 is 0 Å². The van der Waals surface area contributed by atoms with E-state index in [-0.39, 0.29) is 18.2 Å². The van der Waals surface area contributed by atoms with Gasteiger partial charge in [-0.2, -0.15) is 4.31 Å². The predicted octanol–water partition coefficient (Wildman–Crippen LogP) is 1.13. The Kier molecular flexibility index (Phi) is 4.77. The van der Waals surface area contributed by atoms with Crippen molar-refractivity contribution in [3.8, 4) is 0 Å². The Labute approximate surface area is 119 Å². The van der Waals surface area contributed by atoms with Crippen molar-refractivity contribution >= 4 is 10.0 Å². The van der Waals surface area contributed by atoms with Gasteiger partial charge in [0.1, 0.15) is 6.10 Å². The van der Waals surface area contributed by atoms with Gasteiger partial charge < -0.3 is 9.15 Å². The first-order valence-corrected chi connectivity index (χ1v) is 8.42. The first kappa shape index (κ1) is 15.4. The first-order valence-electron chi connectivity index (χ1n) is 6.81. The smallest absolute Gasteiger partial charge is 0.246 e. The lowest BCUT2D eigenvalue weighted by atomic mass is 10.2. The van der Waals surface area contributed by atoms with Crippen molar-refractivity contribution in [2.24, 2.45) is 5.92 Å². The van der Waals surface area contributed by atoms with Crippen LogP contribution >= 0.6 is 0 Å². The second-order valence-corrected chi connectivity index (χ2v) is 7.18. The van der Waals surface area contributed by atoms with Gasteiger partial charge in [0.15, 0.2) is 0 Å². The molecule has 2 rings (SSSR count). The fraction of sp³-hybridized carbons (Fsp3) is 0.833. The summed E-state index contributed by atoms with van der Waals surface area (Å²) in [6.45, 7) is 6.58. The molecule has 0 aliphatic carbocycles. The predicted molar refractivity (Wildman–Crippen MR) is 72.5 cm³/mol. The molecular weight excluding hydrogens is 282 g/mol. The summed E-state index contributed by atoms with van der Waals surface area (Å²) in [5.41, 5.74) is 0. The van der Waals surface area contributed by atoms with E-state index in [0.717, 1.165) is 6.42 Å². The van der Waals surface area contributed by atoms with E-state index in [9.17, 15) is 8.42 Å². The Bertz CT molecular complexity index is 543. The summed E-state index contributed by atoms with van der Waals surface area (Å²) < 4.78 is 37.0. The molecule has 0 radical (unpaired) electrons. The number of nitrogens with zero attached hydrogens (tertiary/aromatic N) is 3. The molecule has 2 heterocycles. The Morgan fingerprint density at radius 2 is 2.20 bits per heavy atom. The molecule has 1 aliphatic rings. The van der Waals surface area contributed by atoms with Crippen molar-refractivity contribution in [2.75, 3.05) is 25.4 Å². The summed E-state index contributed by atoms with van der Waals surface area (Å²) in [5.74, 6) is 1.10. The molecule has 0 spiro atoms. The maximum absolute atomic E-state index is 12.3. The Hall–Kier alpha value is -0.990. The van der Waals surface area contributed by atoms with Crippen LogP contribution in [0.3, 0.4) is 0 Å². The van der Waals surface area contributed by atoms with Crippen LogP contribution in [0.1, 0.15) is 38.2 Å². The lowest BCUT2D eigenvalue weighted by Gasteiger charge is -2.31. The van der Waals surface area contributed by atoms with Crippen molar-refractivity contribution in [1.29, 1.82) is 0 Å². The van der Waals surface area contributed by atoms with Gasteiger partial charge in [-0.15, -0.1) is 10.2 Å². The van der Waals surface area contributed by atoms with Crippen LogP contribution in [0.2, 0.25) is 0 Å². The van der Waals surface area contributed by atoms with Crippen molar-refractivity contribution in [3.63, 3.8) is 0 Å². The topological polar surface area (TPSA) is 85.5 Å². The van der Waals surface area contributed by atoms with Gasteiger partial charge in [0.25, 0.3) is 0 Å². The molecule has 1 saturated heterocycles. The van der Waals surface area contributed by atoms with Crippen molar-refractivity contribution in [3.05, 3.63) is 11.8 Å². The molecule has 0 bridgehead atoms. The number of sulfonamides is 1. The molecule has 7 nitrogen and oxygen atoms in total. The molecule has 0 amide bonds. The minimum absolute atomic E-state index is 0.145. The lowest BCUT2D eigenvalue weighted by Crippen LogP contribution is -2.44. The summed E-state index contributed by atoms with van der Waals surface area (Å²) in [4.78, 5) is 0. The standard InChI is InChI=1S/C12H21N3O4S/c1-4-9(2)8-20(16,17)15-5-6-18-11(7-15)12-14-13-10(3)19-12/h9,11H,4-8H2,1-3H3. The number of hydrogen-bond donors (Lipinski definition) is 0. The van der Waals surface area contributed by atoms with Crippen LogP contribution in [0.15, 0.2) is 4.42 Å². The van der Waals surface area contributed by atoms with E-state index >= 15 is 0 Å². The van der Waals surface area contributed by atoms with Crippen LogP contribution < -0.4 is 0 Å². The van der Waals surface area contributed by atoms with Gasteiger partial charge in [-0.3, -0.25) is 0 Å². The largest absolute Gasteiger partial charge is 0.423 e. The fourth-order valence-corrected chi connectivity index (χ4v) is 3.93. The second-order valence-electron chi connectivity index (χ2n) is 5.17. The third-order valence-corrected chi connectivity index (χ3v) is 5.54. The molecule has 1 aromatic rings. The van der Waals surface area contributed by atoms with E-state index in [2.05, 4.69) is 10.2 Å². The van der Waals surface area contributed by atoms with Gasteiger partial charge in [-0.1, -0.05) is 20.3 Å². The molecule has 0 saturated carbocycles. The van der Waals surface area contributed by atoms with Crippen LogP contribution in [0.25, 0.3) is 0 Å². The lowest BCUT2D eigenvalue weighted by molar-refractivity contribution is -0.0177. The van der Waals surface area contributed by atoms with Crippen LogP contribution in [0.4, 0.5) is 0 Å². The molecule has 2 unspecified atom stereocenters. The van der Waals surface area contributed by atoms with E-state index in [4.69, 9.17) is 9.15 Å². The zero-order valence-electron chi connectivity index (χ0n) is 12.1. The number of rotatable bonds is 5. The van der Waals surface area contributed by atoms with Crippen LogP contribution in [-0.4, -0.2) is 48.4 Å². The molecule has 20 heavy (non-hydrogen) atoms. The molecule has 1 aliphatic heterocycles. The summed E-state index contributed by atoms with van der Waals surface area (Å²) in [7, 11) is -3.27. The van der Waals surface area contributed by atoms with Gasteiger partial charge in [-0.05, 0) is 5.92 Å². The minimum atomic E-state index is -3.27. The molecule has 0 N–H and O–H groups in total. The van der Waals surface area contributed by atoms with E-state index in [0.29, 0.717) is 24.9 Å². The van der Waals surface area contributed by atoms with Crippen molar-refractivity contribution in [2.45, 2.75) is 33.3 Å². The van der Waals surface area contributed by atoms with E-state index < -0.39 is 16.1 Å². The first-order chi connectivity index (χ1) is 9.42. The second kappa shape index (κ2) is 6.19. The average molecular weight is 303 g/mol. The average Bonchev–Trinajstić information content (AvgIpc) is 2.85. The number of aryl methyl sites for hydroxylation is 1. The molecule has 1 aromatic heterocycles. The quantitative estimate of drug-likeness (QED) is 0.810. The van der Waals surface area contributed by atoms with E-state index in [1.807, 2.05) is 13.8 Å². The van der Waals surface area contributed by atoms with Crippen LogP contribution in [0.5, 0.6) is 0 Å². The van der Waals surface area contributed by atoms with Gasteiger partial charge in [-0.25, -0.2) is 8.42 Å². The minimum Gasteiger partial charge on any atom is -0.423 e. The van der Waals surface area contributed by atoms with E-state index in [1.165, 1.54) is 4.31 Å². The number of aromatic nitrogens is 2. The fourth-order valence-electron chi connectivity index (χ4n) is 2.05. The van der Waals surface area contributed by atoms with Crippen LogP contribution in [0, 0.1) is 12.8 Å². The Morgan fingerprint density at radius 1 is 1.45 bits per heavy atom. The zero-order valence-corrected chi connectivity index (χ0v) is 12.9. The highest BCUT2D eigenvalue weighted by atomic mass is 32.2. The SMILES string of the molecule is CCC(C)CS(=O)(=O)N1CCOC(c2nnc(C)o2)C1. The van der Waals surface area contributed by atoms with Gasteiger partial charge in [0.2, 0.25) is 21.8 Å². The summed E-state index contributed by atoms with van der Waals surface area (Å²) in [6.07, 6.45) is 0.368. The maximum Gasteiger partial charge on any atom is 0.246 e. The normalized spacial score (nSPS) is 22.9. The van der Waals surface area contributed by atoms with Crippen molar-refractivity contribution in [1.82, 2.24) is 14.5 Å². The summed E-state index contributed by atoms with van der Waals surface area (Å²) >= 11 is 0. The highest BCUT2D eigenvalue weighted by Crippen LogP contribution is 2.23. The molecule has 8 heteroatoms. The van der Waals surface area contributed by atoms with Gasteiger partial charge in [0, 0.05) is 20.0 Å². The maximum atomic E-state index is 12.3. The molecule has 0 aromatic carbocycles. The third kappa shape index (κ3) is 3.56. The van der Waals surface area contributed by atoms with E-state index in [1.54, 1.807) is 6.92 Å². The monoisotopic (exact) mass is 303 g/mol. The summed E-state index contributed by atoms with van der Waals surface area (Å²) in [5, 5.41) is 7.65. The highest BCUT2D eigenvalue weighted by Gasteiger charge is 2.33. The number of morpholine rings is 1. The third-order valence-electron chi connectivity index (χ3n) is 3.43. The molecule has 1 fully saturated rings. The Morgan fingerprint density at radius 3 is 2.80 bits per heavy atom.